The Labute approximate surface area is 251 Å². The smallest absolute Gasteiger partial charge is 0.331 e. The van der Waals surface area contributed by atoms with E-state index in [-0.39, 0.29) is 30.3 Å². The predicted molar refractivity (Wildman–Crippen MR) is 147 cm³/mol. The standard InChI is InChI=1S/C29H36O15/c1-13-26(43-21(35)7-4-14-2-5-16(31)18(33)10-14)23(37)24(38)29(41-13)44-27-22(36)20(12-30)42-28(25(27)39)40-9-8-15-3-6-17(32)19(34)11-15/h2-7,10-11,13,20,22-34,36-39H,8-9,12H2,1H3/b7-4+/t13-,20+,22-,23-,24-,25+,26+,27-,28+,29-/m0/s1. The monoisotopic (exact) mass is 624 g/mol. The Balaban J connectivity index is 1.36. The fourth-order valence-electron chi connectivity index (χ4n) is 4.79. The molecule has 0 radical (unpaired) electrons. The Morgan fingerprint density at radius 3 is 2.16 bits per heavy atom. The summed E-state index contributed by atoms with van der Waals surface area (Å²) in [4.78, 5) is 12.4. The summed E-state index contributed by atoms with van der Waals surface area (Å²) in [6.07, 6.45) is -12.4. The van der Waals surface area contributed by atoms with Crippen LogP contribution in [0.25, 0.3) is 6.08 Å². The molecule has 0 aromatic heterocycles. The molecule has 44 heavy (non-hydrogen) atoms. The molecule has 2 fully saturated rings. The lowest BCUT2D eigenvalue weighted by molar-refractivity contribution is -0.357. The zero-order valence-corrected chi connectivity index (χ0v) is 23.5. The molecule has 10 atom stereocenters. The first-order chi connectivity index (χ1) is 20.9. The molecule has 0 spiro atoms. The molecular formula is C29H36O15. The summed E-state index contributed by atoms with van der Waals surface area (Å²) in [5.41, 5.74) is 0.972. The zero-order chi connectivity index (χ0) is 32.1. The molecule has 2 aromatic rings. The van der Waals surface area contributed by atoms with Crippen molar-refractivity contribution in [1.82, 2.24) is 0 Å². The number of hydrogen-bond acceptors (Lipinski definition) is 15. The summed E-state index contributed by atoms with van der Waals surface area (Å²) >= 11 is 0. The van der Waals surface area contributed by atoms with Crippen LogP contribution in [0.15, 0.2) is 42.5 Å². The third-order valence-corrected chi connectivity index (χ3v) is 7.27. The number of aliphatic hydroxyl groups excluding tert-OH is 5. The Kier molecular flexibility index (Phi) is 11.0. The Bertz CT molecular complexity index is 1300. The molecule has 2 aromatic carbocycles. The van der Waals surface area contributed by atoms with Crippen molar-refractivity contribution in [2.45, 2.75) is 74.8 Å². The van der Waals surface area contributed by atoms with Gasteiger partial charge in [0.05, 0.1) is 19.3 Å². The summed E-state index contributed by atoms with van der Waals surface area (Å²) in [5.74, 6) is -2.25. The fraction of sp³-hybridized carbons (Fsp3) is 0.483. The molecule has 9 N–H and O–H groups in total. The molecule has 4 rings (SSSR count). The van der Waals surface area contributed by atoms with Crippen molar-refractivity contribution in [1.29, 1.82) is 0 Å². The Morgan fingerprint density at radius 2 is 1.50 bits per heavy atom. The van der Waals surface area contributed by atoms with Gasteiger partial charge in [0.2, 0.25) is 0 Å². The summed E-state index contributed by atoms with van der Waals surface area (Å²) < 4.78 is 27.7. The highest BCUT2D eigenvalue weighted by atomic mass is 16.7. The number of phenols is 4. The highest BCUT2D eigenvalue weighted by Gasteiger charge is 2.51. The number of aromatic hydroxyl groups is 4. The van der Waals surface area contributed by atoms with Crippen molar-refractivity contribution < 1.29 is 74.4 Å². The van der Waals surface area contributed by atoms with Crippen LogP contribution < -0.4 is 0 Å². The molecule has 0 amide bonds. The van der Waals surface area contributed by atoms with Crippen LogP contribution in [0.5, 0.6) is 23.0 Å². The number of hydrogen-bond donors (Lipinski definition) is 9. The van der Waals surface area contributed by atoms with Crippen LogP contribution in [-0.4, -0.2) is 127 Å². The lowest BCUT2D eigenvalue weighted by Crippen LogP contribution is -2.64. The van der Waals surface area contributed by atoms with Crippen molar-refractivity contribution in [2.24, 2.45) is 0 Å². The molecule has 2 saturated heterocycles. The maximum atomic E-state index is 12.4. The van der Waals surface area contributed by atoms with E-state index < -0.39 is 79.7 Å². The molecule has 0 unspecified atom stereocenters. The summed E-state index contributed by atoms with van der Waals surface area (Å²) in [6.45, 7) is 0.716. The van der Waals surface area contributed by atoms with E-state index in [0.29, 0.717) is 11.1 Å². The molecule has 0 saturated carbocycles. The minimum absolute atomic E-state index is 0.0411. The second kappa shape index (κ2) is 14.5. The van der Waals surface area contributed by atoms with Gasteiger partial charge in [-0.2, -0.15) is 0 Å². The number of phenolic OH excluding ortho intramolecular Hbond substituents is 4. The van der Waals surface area contributed by atoms with Gasteiger partial charge in [-0.25, -0.2) is 4.79 Å². The van der Waals surface area contributed by atoms with Crippen molar-refractivity contribution in [3.05, 3.63) is 53.6 Å². The van der Waals surface area contributed by atoms with Gasteiger partial charge in [0, 0.05) is 6.08 Å². The molecule has 0 aliphatic carbocycles. The van der Waals surface area contributed by atoms with E-state index in [1.807, 2.05) is 0 Å². The predicted octanol–water partition coefficient (Wildman–Crippen LogP) is -1.02. The molecule has 15 nitrogen and oxygen atoms in total. The van der Waals surface area contributed by atoms with Gasteiger partial charge >= 0.3 is 5.97 Å². The number of benzene rings is 2. The zero-order valence-electron chi connectivity index (χ0n) is 23.5. The topological polar surface area (TPSA) is 245 Å². The largest absolute Gasteiger partial charge is 0.504 e. The first-order valence-corrected chi connectivity index (χ1v) is 13.7. The molecule has 242 valence electrons. The maximum absolute atomic E-state index is 12.4. The molecule has 2 heterocycles. The van der Waals surface area contributed by atoms with Gasteiger partial charge in [-0.3, -0.25) is 0 Å². The van der Waals surface area contributed by atoms with Gasteiger partial charge in [0.15, 0.2) is 41.7 Å². The lowest BCUT2D eigenvalue weighted by atomic mass is 9.97. The summed E-state index contributed by atoms with van der Waals surface area (Å²) in [7, 11) is 0. The van der Waals surface area contributed by atoms with E-state index in [1.54, 1.807) is 6.07 Å². The first kappa shape index (κ1) is 33.4. The van der Waals surface area contributed by atoms with E-state index in [2.05, 4.69) is 0 Å². The maximum Gasteiger partial charge on any atom is 0.331 e. The lowest BCUT2D eigenvalue weighted by Gasteiger charge is -2.46. The van der Waals surface area contributed by atoms with Crippen LogP contribution in [0.2, 0.25) is 0 Å². The quantitative estimate of drug-likeness (QED) is 0.0873. The van der Waals surface area contributed by atoms with E-state index in [0.717, 1.165) is 6.08 Å². The van der Waals surface area contributed by atoms with Crippen LogP contribution >= 0.6 is 0 Å². The number of ether oxygens (including phenoxy) is 5. The minimum atomic E-state index is -1.81. The average molecular weight is 625 g/mol. The Morgan fingerprint density at radius 1 is 0.818 bits per heavy atom. The van der Waals surface area contributed by atoms with E-state index in [4.69, 9.17) is 23.7 Å². The first-order valence-electron chi connectivity index (χ1n) is 13.7. The summed E-state index contributed by atoms with van der Waals surface area (Å²) in [5, 5.41) is 90.9. The summed E-state index contributed by atoms with van der Waals surface area (Å²) in [6, 6.07) is 8.06. The molecule has 15 heteroatoms. The normalized spacial score (nSPS) is 32.5. The van der Waals surface area contributed by atoms with Crippen molar-refractivity contribution >= 4 is 12.0 Å². The van der Waals surface area contributed by atoms with Gasteiger partial charge in [0.25, 0.3) is 0 Å². The van der Waals surface area contributed by atoms with Crippen LogP contribution in [0.4, 0.5) is 0 Å². The highest BCUT2D eigenvalue weighted by Crippen LogP contribution is 2.31. The van der Waals surface area contributed by atoms with Crippen LogP contribution in [-0.2, 0) is 34.9 Å². The average Bonchev–Trinajstić information content (AvgIpc) is 2.99. The molecule has 0 bridgehead atoms. The second-order valence-corrected chi connectivity index (χ2v) is 10.4. The van der Waals surface area contributed by atoms with Gasteiger partial charge in [-0.05, 0) is 54.8 Å². The van der Waals surface area contributed by atoms with Gasteiger partial charge in [-0.1, -0.05) is 12.1 Å². The van der Waals surface area contributed by atoms with Crippen LogP contribution in [0.3, 0.4) is 0 Å². The number of aliphatic hydroxyl groups is 5. The number of esters is 1. The number of carbonyl (C=O) groups excluding carboxylic acids is 1. The van der Waals surface area contributed by atoms with E-state index >= 15 is 0 Å². The third kappa shape index (κ3) is 7.76. The van der Waals surface area contributed by atoms with Gasteiger partial charge in [-0.15, -0.1) is 0 Å². The van der Waals surface area contributed by atoms with Gasteiger partial charge < -0.3 is 69.6 Å². The van der Waals surface area contributed by atoms with E-state index in [1.165, 1.54) is 43.3 Å². The third-order valence-electron chi connectivity index (χ3n) is 7.27. The number of carbonyl (C=O) groups is 1. The fourth-order valence-corrected chi connectivity index (χ4v) is 4.79. The van der Waals surface area contributed by atoms with E-state index in [9.17, 15) is 50.8 Å². The molecular weight excluding hydrogens is 588 g/mol. The van der Waals surface area contributed by atoms with Crippen molar-refractivity contribution in [3.8, 4) is 23.0 Å². The highest BCUT2D eigenvalue weighted by molar-refractivity contribution is 5.87. The van der Waals surface area contributed by atoms with Gasteiger partial charge in [0.1, 0.15) is 36.6 Å². The van der Waals surface area contributed by atoms with Crippen LogP contribution in [0.1, 0.15) is 18.1 Å². The second-order valence-electron chi connectivity index (χ2n) is 10.4. The van der Waals surface area contributed by atoms with Crippen molar-refractivity contribution in [3.63, 3.8) is 0 Å². The molecule has 2 aliphatic rings. The minimum Gasteiger partial charge on any atom is -0.504 e. The van der Waals surface area contributed by atoms with Crippen molar-refractivity contribution in [2.75, 3.05) is 13.2 Å². The Hall–Kier alpha value is -3.51. The molecule has 2 aliphatic heterocycles. The van der Waals surface area contributed by atoms with Crippen LogP contribution in [0, 0.1) is 0 Å². The number of rotatable bonds is 10. The SMILES string of the molecule is C[C@@H]1O[C@@H](O[C@H]2[C@@H](O)[C@@H](CO)O[C@@H](OCCc3ccc(O)c(O)c3)[C@@H]2O)[C@@H](O)[C@H](O)[C@@H]1OC(=O)/C=C/c1ccc(O)c(O)c1.